The van der Waals surface area contributed by atoms with E-state index < -0.39 is 29.5 Å². The summed E-state index contributed by atoms with van der Waals surface area (Å²) in [5.41, 5.74) is -0.181. The van der Waals surface area contributed by atoms with E-state index in [1.807, 2.05) is 0 Å². The molecule has 0 aliphatic carbocycles. The molecular formula is C11H10F2O4. The van der Waals surface area contributed by atoms with Gasteiger partial charge in [0.1, 0.15) is 0 Å². The predicted molar refractivity (Wildman–Crippen MR) is 53.9 cm³/mol. The second-order valence-corrected chi connectivity index (χ2v) is 3.18. The van der Waals surface area contributed by atoms with Crippen molar-refractivity contribution in [2.75, 3.05) is 7.11 Å². The third-order valence-corrected chi connectivity index (χ3v) is 2.04. The molecule has 1 unspecified atom stereocenters. The van der Waals surface area contributed by atoms with Crippen LogP contribution < -0.4 is 4.74 Å². The van der Waals surface area contributed by atoms with Crippen molar-refractivity contribution in [1.82, 2.24) is 0 Å². The van der Waals surface area contributed by atoms with Crippen LogP contribution in [0.15, 0.2) is 12.1 Å². The summed E-state index contributed by atoms with van der Waals surface area (Å²) in [4.78, 5) is 21.7. The first-order valence-electron chi connectivity index (χ1n) is 4.69. The maximum Gasteiger partial charge on any atom is 0.346 e. The van der Waals surface area contributed by atoms with E-state index in [0.717, 1.165) is 19.2 Å². The van der Waals surface area contributed by atoms with Gasteiger partial charge in [0.05, 0.1) is 12.7 Å². The maximum atomic E-state index is 13.4. The van der Waals surface area contributed by atoms with E-state index >= 15 is 0 Å². The van der Waals surface area contributed by atoms with Crippen molar-refractivity contribution in [2.45, 2.75) is 13.0 Å². The molecule has 0 saturated carbocycles. The molecule has 0 spiro atoms. The first kappa shape index (κ1) is 13.1. The average molecular weight is 244 g/mol. The molecule has 92 valence electrons. The molecule has 1 rings (SSSR count). The highest BCUT2D eigenvalue weighted by atomic mass is 19.2. The van der Waals surface area contributed by atoms with Gasteiger partial charge in [0, 0.05) is 0 Å². The molecule has 0 heterocycles. The lowest BCUT2D eigenvalue weighted by molar-refractivity contribution is -0.148. The van der Waals surface area contributed by atoms with Crippen molar-refractivity contribution in [3.8, 4) is 5.75 Å². The van der Waals surface area contributed by atoms with Gasteiger partial charge >= 0.3 is 5.97 Å². The van der Waals surface area contributed by atoms with Crippen molar-refractivity contribution in [2.24, 2.45) is 0 Å². The summed E-state index contributed by atoms with van der Waals surface area (Å²) in [6, 6.07) is 1.86. The molecular weight excluding hydrogens is 234 g/mol. The number of hydrogen-bond donors (Lipinski definition) is 0. The normalized spacial score (nSPS) is 11.8. The van der Waals surface area contributed by atoms with E-state index in [2.05, 4.69) is 4.74 Å². The molecule has 0 bridgehead atoms. The third-order valence-electron chi connectivity index (χ3n) is 2.04. The van der Waals surface area contributed by atoms with Gasteiger partial charge in [0.25, 0.3) is 0 Å². The molecule has 0 saturated heterocycles. The number of carbonyl (C=O) groups is 2. The molecule has 0 amide bonds. The highest BCUT2D eigenvalue weighted by Gasteiger charge is 2.21. The zero-order valence-corrected chi connectivity index (χ0v) is 9.20. The second kappa shape index (κ2) is 5.38. The summed E-state index contributed by atoms with van der Waals surface area (Å²) >= 11 is 0. The minimum Gasteiger partial charge on any atom is -0.475 e. The molecule has 0 radical (unpaired) electrons. The number of methoxy groups -OCH3 is 1. The van der Waals surface area contributed by atoms with E-state index in [4.69, 9.17) is 4.74 Å². The standard InChI is InChI=1S/C11H10F2O4/c1-6(11(15)16-2)17-10-7(5-14)3-4-8(12)9(10)13/h3-6H,1-2H3. The summed E-state index contributed by atoms with van der Waals surface area (Å²) in [5.74, 6) is -3.84. The molecule has 1 aromatic rings. The molecule has 0 aliphatic heterocycles. The Labute approximate surface area is 96.1 Å². The number of aldehydes is 1. The van der Waals surface area contributed by atoms with E-state index in [1.165, 1.54) is 6.92 Å². The minimum atomic E-state index is -1.31. The van der Waals surface area contributed by atoms with Crippen LogP contribution in [-0.2, 0) is 9.53 Å². The van der Waals surface area contributed by atoms with Crippen LogP contribution >= 0.6 is 0 Å². The third kappa shape index (κ3) is 2.77. The Morgan fingerprint density at radius 3 is 2.59 bits per heavy atom. The lowest BCUT2D eigenvalue weighted by Gasteiger charge is -2.14. The smallest absolute Gasteiger partial charge is 0.346 e. The Balaban J connectivity index is 3.08. The first-order valence-corrected chi connectivity index (χ1v) is 4.69. The van der Waals surface area contributed by atoms with Gasteiger partial charge in [0.2, 0.25) is 5.82 Å². The molecule has 17 heavy (non-hydrogen) atoms. The van der Waals surface area contributed by atoms with Crippen LogP contribution in [0.3, 0.4) is 0 Å². The predicted octanol–water partition coefficient (Wildman–Crippen LogP) is 1.72. The molecule has 6 heteroatoms. The van der Waals surface area contributed by atoms with Crippen molar-refractivity contribution < 1.29 is 27.8 Å². The van der Waals surface area contributed by atoms with Crippen LogP contribution in [0.1, 0.15) is 17.3 Å². The lowest BCUT2D eigenvalue weighted by Crippen LogP contribution is -2.26. The Bertz CT molecular complexity index is 445. The summed E-state index contributed by atoms with van der Waals surface area (Å²) in [6.45, 7) is 1.30. The van der Waals surface area contributed by atoms with Crippen LogP contribution in [0.5, 0.6) is 5.75 Å². The van der Waals surface area contributed by atoms with Gasteiger partial charge in [-0.3, -0.25) is 4.79 Å². The zero-order valence-electron chi connectivity index (χ0n) is 9.20. The summed E-state index contributed by atoms with van der Waals surface area (Å²) in [5, 5.41) is 0. The Kier molecular flexibility index (Phi) is 4.14. The van der Waals surface area contributed by atoms with Crippen LogP contribution in [0, 0.1) is 11.6 Å². The molecule has 1 atom stereocenters. The van der Waals surface area contributed by atoms with Gasteiger partial charge in [0.15, 0.2) is 24.0 Å². The molecule has 0 N–H and O–H groups in total. The van der Waals surface area contributed by atoms with E-state index in [0.29, 0.717) is 6.29 Å². The van der Waals surface area contributed by atoms with E-state index in [-0.39, 0.29) is 5.56 Å². The molecule has 4 nitrogen and oxygen atoms in total. The topological polar surface area (TPSA) is 52.6 Å². The van der Waals surface area contributed by atoms with E-state index in [1.54, 1.807) is 0 Å². The number of benzene rings is 1. The fraction of sp³-hybridized carbons (Fsp3) is 0.273. The SMILES string of the molecule is COC(=O)C(C)Oc1c(C=O)ccc(F)c1F. The van der Waals surface area contributed by atoms with Gasteiger partial charge in [-0.15, -0.1) is 0 Å². The van der Waals surface area contributed by atoms with Crippen molar-refractivity contribution >= 4 is 12.3 Å². The van der Waals surface area contributed by atoms with Crippen LogP contribution in [0.4, 0.5) is 8.78 Å². The van der Waals surface area contributed by atoms with Crippen LogP contribution in [-0.4, -0.2) is 25.5 Å². The fourth-order valence-electron chi connectivity index (χ4n) is 1.15. The van der Waals surface area contributed by atoms with Gasteiger partial charge < -0.3 is 9.47 Å². The largest absolute Gasteiger partial charge is 0.475 e. The van der Waals surface area contributed by atoms with Crippen LogP contribution in [0.25, 0.3) is 0 Å². The number of esters is 1. The van der Waals surface area contributed by atoms with Gasteiger partial charge in [-0.2, -0.15) is 4.39 Å². The summed E-state index contributed by atoms with van der Waals surface area (Å²) < 4.78 is 35.5. The van der Waals surface area contributed by atoms with Gasteiger partial charge in [-0.25, -0.2) is 9.18 Å². The Morgan fingerprint density at radius 1 is 1.41 bits per heavy atom. The highest BCUT2D eigenvalue weighted by molar-refractivity contribution is 5.80. The van der Waals surface area contributed by atoms with Crippen molar-refractivity contribution in [3.63, 3.8) is 0 Å². The van der Waals surface area contributed by atoms with E-state index in [9.17, 15) is 18.4 Å². The van der Waals surface area contributed by atoms with Gasteiger partial charge in [-0.05, 0) is 19.1 Å². The van der Waals surface area contributed by atoms with Gasteiger partial charge in [-0.1, -0.05) is 0 Å². The molecule has 1 aromatic carbocycles. The molecule has 0 fully saturated rings. The summed E-state index contributed by atoms with van der Waals surface area (Å²) in [6.07, 6.45) is -0.836. The Morgan fingerprint density at radius 2 is 2.06 bits per heavy atom. The second-order valence-electron chi connectivity index (χ2n) is 3.18. The van der Waals surface area contributed by atoms with Crippen molar-refractivity contribution in [3.05, 3.63) is 29.3 Å². The minimum absolute atomic E-state index is 0.181. The average Bonchev–Trinajstić information content (AvgIpc) is 2.34. The monoisotopic (exact) mass is 244 g/mol. The lowest BCUT2D eigenvalue weighted by atomic mass is 10.2. The maximum absolute atomic E-state index is 13.4. The summed E-state index contributed by atoms with van der Waals surface area (Å²) in [7, 11) is 1.13. The highest BCUT2D eigenvalue weighted by Crippen LogP contribution is 2.25. The number of carbonyl (C=O) groups excluding carboxylic acids is 2. The zero-order chi connectivity index (χ0) is 13.0. The fourth-order valence-corrected chi connectivity index (χ4v) is 1.15. The Hall–Kier alpha value is -1.98. The van der Waals surface area contributed by atoms with Crippen molar-refractivity contribution in [1.29, 1.82) is 0 Å². The van der Waals surface area contributed by atoms with Crippen LogP contribution in [0.2, 0.25) is 0 Å². The molecule has 0 aliphatic rings. The number of ether oxygens (including phenoxy) is 2. The quantitative estimate of drug-likeness (QED) is 0.597. The number of rotatable bonds is 4. The number of halogens is 2. The molecule has 0 aromatic heterocycles. The number of hydrogen-bond acceptors (Lipinski definition) is 4. The first-order chi connectivity index (χ1) is 8.01.